The third kappa shape index (κ3) is 2.82. The second-order valence-electron chi connectivity index (χ2n) is 13.7. The Hall–Kier alpha value is -5.54. The summed E-state index contributed by atoms with van der Waals surface area (Å²) >= 11 is 0. The van der Waals surface area contributed by atoms with Crippen LogP contribution in [0.2, 0.25) is 0 Å². The number of hydrogen-bond acceptors (Lipinski definition) is 0. The molecule has 2 aromatic heterocycles. The molecule has 0 saturated heterocycles. The largest absolute Gasteiger partial charge is 0.310 e. The molecular weight excluding hydrogens is 555 g/mol. The van der Waals surface area contributed by atoms with Crippen molar-refractivity contribution in [3.05, 3.63) is 151 Å². The molecule has 0 fully saturated rings. The topological polar surface area (TPSA) is 9.86 Å². The smallest absolute Gasteiger partial charge is 0.247 e. The summed E-state index contributed by atoms with van der Waals surface area (Å²) in [6, 6.07) is 52.2. The molecule has 0 radical (unpaired) electrons. The molecule has 2 aliphatic heterocycles. The highest BCUT2D eigenvalue weighted by molar-refractivity contribution is 6.99. The molecule has 0 amide bonds. The van der Waals surface area contributed by atoms with Crippen LogP contribution in [0.15, 0.2) is 140 Å². The Balaban J connectivity index is 1.33. The van der Waals surface area contributed by atoms with Gasteiger partial charge in [-0.15, -0.1) is 0 Å². The molecule has 0 unspecified atom stereocenters. The average molecular weight is 585 g/mol. The number of fused-ring (bicyclic) bond motifs is 13. The number of hydrogen-bond donors (Lipinski definition) is 0. The van der Waals surface area contributed by atoms with Crippen molar-refractivity contribution in [1.29, 1.82) is 0 Å². The van der Waals surface area contributed by atoms with E-state index >= 15 is 0 Å². The fourth-order valence-corrected chi connectivity index (χ4v) is 9.38. The second kappa shape index (κ2) is 8.38. The van der Waals surface area contributed by atoms with E-state index in [1.165, 1.54) is 93.3 Å². The number of aromatic nitrogens is 2. The molecule has 7 aromatic carbocycles. The lowest BCUT2D eigenvalue weighted by Gasteiger charge is -2.42. The maximum absolute atomic E-state index is 2.60. The van der Waals surface area contributed by atoms with Gasteiger partial charge in [-0.05, 0) is 57.8 Å². The summed E-state index contributed by atoms with van der Waals surface area (Å²) in [6.07, 6.45) is 0. The predicted octanol–water partition coefficient (Wildman–Crippen LogP) is 8.50. The third-order valence-electron chi connectivity index (χ3n) is 11.1. The van der Waals surface area contributed by atoms with Crippen molar-refractivity contribution in [2.75, 3.05) is 0 Å². The summed E-state index contributed by atoms with van der Waals surface area (Å²) in [7, 11) is 0. The Morgan fingerprint density at radius 3 is 2.13 bits per heavy atom. The summed E-state index contributed by atoms with van der Waals surface area (Å²) in [6.45, 7) is 5.06. The van der Waals surface area contributed by atoms with E-state index in [0.29, 0.717) is 0 Å². The van der Waals surface area contributed by atoms with Gasteiger partial charge in [0.1, 0.15) is 0 Å². The van der Waals surface area contributed by atoms with E-state index in [0.717, 1.165) is 0 Å². The minimum Gasteiger partial charge on any atom is -0.310 e. The molecule has 9 aromatic rings. The zero-order valence-electron chi connectivity index (χ0n) is 25.8. The Kier molecular flexibility index (Phi) is 4.51. The molecule has 0 N–H and O–H groups in total. The van der Waals surface area contributed by atoms with Crippen LogP contribution in [0.5, 0.6) is 0 Å². The molecule has 0 spiro atoms. The van der Waals surface area contributed by atoms with Crippen LogP contribution in [0.1, 0.15) is 25.0 Å². The van der Waals surface area contributed by atoms with Gasteiger partial charge in [0.25, 0.3) is 0 Å². The van der Waals surface area contributed by atoms with Gasteiger partial charge in [-0.1, -0.05) is 129 Å². The number of rotatable bonds is 1. The maximum atomic E-state index is 2.60. The average Bonchev–Trinajstić information content (AvgIpc) is 3.62. The van der Waals surface area contributed by atoms with E-state index in [1.54, 1.807) is 0 Å². The molecule has 0 atom stereocenters. The lowest BCUT2D eigenvalue weighted by atomic mass is 9.30. The van der Waals surface area contributed by atoms with Crippen molar-refractivity contribution in [3.8, 4) is 11.4 Å². The van der Waals surface area contributed by atoms with E-state index in [9.17, 15) is 0 Å². The minimum absolute atomic E-state index is 0.157. The van der Waals surface area contributed by atoms with Gasteiger partial charge in [0.05, 0.1) is 16.6 Å². The first-order valence-electron chi connectivity index (χ1n) is 16.3. The van der Waals surface area contributed by atoms with Gasteiger partial charge in [-0.25, -0.2) is 0 Å². The molecule has 0 saturated carbocycles. The Morgan fingerprint density at radius 1 is 0.500 bits per heavy atom. The van der Waals surface area contributed by atoms with Crippen LogP contribution < -0.4 is 16.4 Å². The molecule has 11 rings (SSSR count). The van der Waals surface area contributed by atoms with E-state index in [2.05, 4.69) is 163 Å². The van der Waals surface area contributed by atoms with E-state index in [1.807, 2.05) is 0 Å². The predicted molar refractivity (Wildman–Crippen MR) is 196 cm³/mol. The van der Waals surface area contributed by atoms with Gasteiger partial charge >= 0.3 is 0 Å². The summed E-state index contributed by atoms with van der Waals surface area (Å²) in [5.41, 5.74) is 14.7. The summed E-state index contributed by atoms with van der Waals surface area (Å²) in [5, 5.41) is 7.95. The Labute approximate surface area is 267 Å². The highest BCUT2D eigenvalue weighted by Gasteiger charge is 2.46. The first-order valence-corrected chi connectivity index (χ1v) is 16.3. The van der Waals surface area contributed by atoms with Crippen LogP contribution in [0.4, 0.5) is 0 Å². The Morgan fingerprint density at radius 2 is 1.24 bits per heavy atom. The first kappa shape index (κ1) is 24.7. The van der Waals surface area contributed by atoms with Crippen LogP contribution in [0, 0.1) is 0 Å². The number of nitrogens with zero attached hydrogens (tertiary/aromatic N) is 2. The monoisotopic (exact) mass is 584 g/mol. The zero-order chi connectivity index (χ0) is 30.3. The summed E-state index contributed by atoms with van der Waals surface area (Å²) < 4.78 is 5.05. The van der Waals surface area contributed by atoms with Crippen molar-refractivity contribution in [2.24, 2.45) is 0 Å². The fourth-order valence-electron chi connectivity index (χ4n) is 9.38. The van der Waals surface area contributed by atoms with E-state index in [-0.39, 0.29) is 12.1 Å². The van der Waals surface area contributed by atoms with Crippen LogP contribution in [-0.4, -0.2) is 15.8 Å². The lowest BCUT2D eigenvalue weighted by molar-refractivity contribution is 0.652. The summed E-state index contributed by atoms with van der Waals surface area (Å²) in [4.78, 5) is 0. The summed E-state index contributed by atoms with van der Waals surface area (Å²) in [5.74, 6) is 0. The van der Waals surface area contributed by atoms with Crippen LogP contribution in [-0.2, 0) is 5.41 Å². The van der Waals surface area contributed by atoms with Gasteiger partial charge < -0.3 is 9.13 Å². The lowest BCUT2D eigenvalue weighted by Crippen LogP contribution is -2.63. The molecule has 2 aliphatic rings. The SMILES string of the molecule is CC1(C)c2cccc3c2B(c2ccc4c(c21)c1ccccc1n4-c1ccccc1)c1cccc2c4ccc5ccccc5c4n-3c12. The molecule has 3 heteroatoms. The minimum atomic E-state index is -0.210. The second-order valence-corrected chi connectivity index (χ2v) is 13.7. The molecule has 214 valence electrons. The van der Waals surface area contributed by atoms with Crippen LogP contribution in [0.3, 0.4) is 0 Å². The highest BCUT2D eigenvalue weighted by Crippen LogP contribution is 2.45. The molecule has 2 nitrogen and oxygen atoms in total. The number of para-hydroxylation sites is 3. The van der Waals surface area contributed by atoms with E-state index < -0.39 is 0 Å². The fraction of sp³-hybridized carbons (Fsp3) is 0.0698. The maximum Gasteiger partial charge on any atom is 0.247 e. The van der Waals surface area contributed by atoms with Crippen molar-refractivity contribution < 1.29 is 0 Å². The first-order chi connectivity index (χ1) is 22.6. The normalized spacial score (nSPS) is 14.4. The van der Waals surface area contributed by atoms with Gasteiger partial charge in [0, 0.05) is 49.2 Å². The van der Waals surface area contributed by atoms with Crippen molar-refractivity contribution in [2.45, 2.75) is 19.3 Å². The quantitative estimate of drug-likeness (QED) is 0.171. The van der Waals surface area contributed by atoms with Gasteiger partial charge in [-0.2, -0.15) is 0 Å². The van der Waals surface area contributed by atoms with Crippen molar-refractivity contribution in [1.82, 2.24) is 9.13 Å². The van der Waals surface area contributed by atoms with Crippen LogP contribution >= 0.6 is 0 Å². The van der Waals surface area contributed by atoms with E-state index in [4.69, 9.17) is 0 Å². The third-order valence-corrected chi connectivity index (χ3v) is 11.1. The van der Waals surface area contributed by atoms with Gasteiger partial charge in [0.15, 0.2) is 0 Å². The zero-order valence-corrected chi connectivity index (χ0v) is 25.8. The van der Waals surface area contributed by atoms with Crippen molar-refractivity contribution in [3.63, 3.8) is 0 Å². The van der Waals surface area contributed by atoms with Crippen LogP contribution in [0.25, 0.3) is 65.8 Å². The molecular formula is C43H29BN2. The van der Waals surface area contributed by atoms with Gasteiger partial charge in [-0.3, -0.25) is 0 Å². The highest BCUT2D eigenvalue weighted by atomic mass is 15.0. The van der Waals surface area contributed by atoms with Crippen molar-refractivity contribution >= 4 is 77.5 Å². The standard InChI is InChI=1S/C43H29BN2/c1-43(2)32-18-11-21-37-40(32)44(34-19-10-17-29-30-23-22-26-12-6-7-15-28(26)41(30)46(37)42(29)34)33-24-25-36-38(39(33)43)31-16-8-9-20-35(31)45(36)27-13-4-3-5-14-27/h3-25H,1-2H3. The molecule has 0 bridgehead atoms. The van der Waals surface area contributed by atoms with Gasteiger partial charge in [0.2, 0.25) is 6.71 Å². The molecule has 4 heterocycles. The Bertz CT molecular complexity index is 2780. The molecule has 46 heavy (non-hydrogen) atoms. The molecule has 0 aliphatic carbocycles. The number of benzene rings is 7.